The van der Waals surface area contributed by atoms with E-state index in [4.69, 9.17) is 0 Å². The van der Waals surface area contributed by atoms with Gasteiger partial charge in [-0.05, 0) is 30.7 Å². The van der Waals surface area contributed by atoms with Crippen molar-refractivity contribution in [2.45, 2.75) is 19.0 Å². The van der Waals surface area contributed by atoms with Crippen molar-refractivity contribution in [2.75, 3.05) is 11.9 Å². The molecule has 1 N–H and O–H groups in total. The van der Waals surface area contributed by atoms with E-state index in [2.05, 4.69) is 5.32 Å². The summed E-state index contributed by atoms with van der Waals surface area (Å²) in [5, 5.41) is 2.38. The Bertz CT molecular complexity index is 956. The lowest BCUT2D eigenvalue weighted by molar-refractivity contribution is -0.137. The number of nitrogens with zero attached hydrogens (tertiary/aromatic N) is 1. The average molecular weight is 406 g/mol. The van der Waals surface area contributed by atoms with Gasteiger partial charge in [-0.3, -0.25) is 9.59 Å². The second kappa shape index (κ2) is 8.06. The first-order valence-corrected chi connectivity index (χ1v) is 8.88. The van der Waals surface area contributed by atoms with Gasteiger partial charge in [0.05, 0.1) is 11.3 Å². The van der Waals surface area contributed by atoms with Crippen LogP contribution in [0.1, 0.15) is 24.0 Å². The molecule has 0 spiro atoms. The van der Waals surface area contributed by atoms with Crippen LogP contribution < -0.4 is 5.32 Å². The summed E-state index contributed by atoms with van der Waals surface area (Å²) >= 11 is 0. The van der Waals surface area contributed by atoms with Gasteiger partial charge < -0.3 is 10.2 Å². The SMILES string of the molecule is C/C=C/N1C[C@@H](c2cccc(C(F)(F)F)c2)[C@H](C(=O)Nc2ccccc2F)C1=O. The van der Waals surface area contributed by atoms with E-state index in [-0.39, 0.29) is 17.8 Å². The highest BCUT2D eigenvalue weighted by atomic mass is 19.4. The van der Waals surface area contributed by atoms with Crippen LogP contribution in [0.4, 0.5) is 23.2 Å². The molecule has 0 unspecified atom stereocenters. The molecule has 3 rings (SSSR count). The lowest BCUT2D eigenvalue weighted by Crippen LogP contribution is -2.32. The first-order chi connectivity index (χ1) is 13.7. The molecule has 0 aromatic heterocycles. The molecule has 0 aliphatic carbocycles. The van der Waals surface area contributed by atoms with E-state index in [0.29, 0.717) is 0 Å². The fourth-order valence-corrected chi connectivity index (χ4v) is 3.38. The van der Waals surface area contributed by atoms with Crippen molar-refractivity contribution >= 4 is 17.5 Å². The number of hydrogen-bond acceptors (Lipinski definition) is 2. The monoisotopic (exact) mass is 406 g/mol. The number of hydrogen-bond donors (Lipinski definition) is 1. The summed E-state index contributed by atoms with van der Waals surface area (Å²) in [7, 11) is 0. The smallest absolute Gasteiger partial charge is 0.323 e. The van der Waals surface area contributed by atoms with Crippen molar-refractivity contribution in [3.05, 3.63) is 77.8 Å². The molecule has 8 heteroatoms. The Balaban J connectivity index is 1.96. The van der Waals surface area contributed by atoms with Crippen LogP contribution in [0.15, 0.2) is 60.8 Å². The van der Waals surface area contributed by atoms with Gasteiger partial charge >= 0.3 is 6.18 Å². The van der Waals surface area contributed by atoms with Crippen LogP contribution in [-0.2, 0) is 15.8 Å². The number of likely N-dealkylation sites (tertiary alicyclic amines) is 1. The zero-order chi connectivity index (χ0) is 21.2. The van der Waals surface area contributed by atoms with Gasteiger partial charge in [0, 0.05) is 18.7 Å². The number of amides is 2. The predicted octanol–water partition coefficient (Wildman–Crippen LogP) is 4.56. The molecule has 1 saturated heterocycles. The van der Waals surface area contributed by atoms with Crippen LogP contribution in [-0.4, -0.2) is 23.3 Å². The number of allylic oxidation sites excluding steroid dienone is 1. The number of benzene rings is 2. The van der Waals surface area contributed by atoms with Gasteiger partial charge in [0.15, 0.2) is 0 Å². The molecule has 4 nitrogen and oxygen atoms in total. The molecule has 1 aliphatic heterocycles. The quantitative estimate of drug-likeness (QED) is 0.598. The van der Waals surface area contributed by atoms with Gasteiger partial charge in [0.25, 0.3) is 0 Å². The molecule has 2 aromatic rings. The van der Waals surface area contributed by atoms with Gasteiger partial charge in [-0.25, -0.2) is 4.39 Å². The number of alkyl halides is 3. The summed E-state index contributed by atoms with van der Waals surface area (Å²) in [6.45, 7) is 1.72. The number of rotatable bonds is 4. The summed E-state index contributed by atoms with van der Waals surface area (Å²) in [5.41, 5.74) is -0.744. The standard InChI is InChI=1S/C21H18F4N2O2/c1-2-10-27-12-15(13-6-5-7-14(11-13)21(23,24)25)18(20(27)29)19(28)26-17-9-4-3-8-16(17)22/h2-11,15,18H,12H2,1H3,(H,26,28)/b10-2+/t15-,18+/m0/s1. The summed E-state index contributed by atoms with van der Waals surface area (Å²) in [5.74, 6) is -4.09. The van der Waals surface area contributed by atoms with Crippen LogP contribution >= 0.6 is 0 Å². The van der Waals surface area contributed by atoms with Gasteiger partial charge in [0.2, 0.25) is 11.8 Å². The third-order valence-electron chi connectivity index (χ3n) is 4.73. The van der Waals surface area contributed by atoms with E-state index in [9.17, 15) is 27.2 Å². The van der Waals surface area contributed by atoms with Gasteiger partial charge in [-0.1, -0.05) is 36.4 Å². The molecule has 0 radical (unpaired) electrons. The Morgan fingerprint density at radius 2 is 1.90 bits per heavy atom. The third kappa shape index (κ3) is 4.31. The topological polar surface area (TPSA) is 49.4 Å². The Labute approximate surface area is 164 Å². The van der Waals surface area contributed by atoms with Crippen molar-refractivity contribution in [2.24, 2.45) is 5.92 Å². The number of halogens is 4. The van der Waals surface area contributed by atoms with E-state index in [1.54, 1.807) is 13.0 Å². The third-order valence-corrected chi connectivity index (χ3v) is 4.73. The van der Waals surface area contributed by atoms with E-state index in [1.165, 1.54) is 41.4 Å². The van der Waals surface area contributed by atoms with E-state index < -0.39 is 41.2 Å². The normalized spacial score (nSPS) is 19.8. The Kier molecular flexibility index (Phi) is 5.72. The van der Waals surface area contributed by atoms with E-state index >= 15 is 0 Å². The number of anilines is 1. The van der Waals surface area contributed by atoms with Crippen LogP contribution in [0.5, 0.6) is 0 Å². The minimum atomic E-state index is -4.55. The minimum Gasteiger partial charge on any atom is -0.323 e. The second-order valence-electron chi connectivity index (χ2n) is 6.65. The molecule has 0 saturated carbocycles. The van der Waals surface area contributed by atoms with Gasteiger partial charge in [-0.2, -0.15) is 13.2 Å². The molecular formula is C21H18F4N2O2. The second-order valence-corrected chi connectivity index (χ2v) is 6.65. The lowest BCUT2D eigenvalue weighted by Gasteiger charge is -2.18. The highest BCUT2D eigenvalue weighted by Gasteiger charge is 2.45. The van der Waals surface area contributed by atoms with Crippen LogP contribution in [0.25, 0.3) is 0 Å². The van der Waals surface area contributed by atoms with Crippen LogP contribution in [0.3, 0.4) is 0 Å². The number of carbonyl (C=O) groups excluding carboxylic acids is 2. The predicted molar refractivity (Wildman–Crippen MR) is 99.2 cm³/mol. The molecule has 2 aromatic carbocycles. The molecule has 29 heavy (non-hydrogen) atoms. The largest absolute Gasteiger partial charge is 0.416 e. The van der Waals surface area contributed by atoms with Crippen molar-refractivity contribution in [3.8, 4) is 0 Å². The molecule has 1 aliphatic rings. The number of nitrogens with one attached hydrogen (secondary N) is 1. The molecule has 1 fully saturated rings. The van der Waals surface area contributed by atoms with Gasteiger partial charge in [-0.15, -0.1) is 0 Å². The molecule has 2 atom stereocenters. The fraction of sp³-hybridized carbons (Fsp3) is 0.238. The highest BCUT2D eigenvalue weighted by molar-refractivity contribution is 6.08. The number of carbonyl (C=O) groups is 2. The van der Waals surface area contributed by atoms with Crippen molar-refractivity contribution < 1.29 is 27.2 Å². The number of para-hydroxylation sites is 1. The average Bonchev–Trinajstić information content (AvgIpc) is 3.00. The lowest BCUT2D eigenvalue weighted by atomic mass is 9.87. The summed E-state index contributed by atoms with van der Waals surface area (Å²) in [6.07, 6.45) is -1.48. The highest BCUT2D eigenvalue weighted by Crippen LogP contribution is 2.38. The molecule has 1 heterocycles. The Morgan fingerprint density at radius 3 is 2.55 bits per heavy atom. The maximum atomic E-state index is 13.9. The molecule has 152 valence electrons. The van der Waals surface area contributed by atoms with Crippen LogP contribution in [0, 0.1) is 11.7 Å². The fourth-order valence-electron chi connectivity index (χ4n) is 3.38. The maximum Gasteiger partial charge on any atom is 0.416 e. The van der Waals surface area contributed by atoms with Crippen molar-refractivity contribution in [1.29, 1.82) is 0 Å². The molecule has 2 amide bonds. The summed E-state index contributed by atoms with van der Waals surface area (Å²) in [4.78, 5) is 26.9. The maximum absolute atomic E-state index is 13.9. The Hall–Kier alpha value is -3.16. The van der Waals surface area contributed by atoms with E-state index in [1.807, 2.05) is 0 Å². The van der Waals surface area contributed by atoms with Gasteiger partial charge in [0.1, 0.15) is 11.7 Å². The zero-order valence-corrected chi connectivity index (χ0v) is 15.4. The van der Waals surface area contributed by atoms with Crippen molar-refractivity contribution in [3.63, 3.8) is 0 Å². The molecule has 0 bridgehead atoms. The Morgan fingerprint density at radius 1 is 1.17 bits per heavy atom. The summed E-state index contributed by atoms with van der Waals surface area (Å²) < 4.78 is 53.2. The van der Waals surface area contributed by atoms with Crippen LogP contribution in [0.2, 0.25) is 0 Å². The van der Waals surface area contributed by atoms with E-state index in [0.717, 1.165) is 18.2 Å². The first kappa shape index (κ1) is 20.6. The minimum absolute atomic E-state index is 0.0415. The van der Waals surface area contributed by atoms with Crippen molar-refractivity contribution in [1.82, 2.24) is 4.90 Å². The summed E-state index contributed by atoms with van der Waals surface area (Å²) in [6, 6.07) is 10.0. The first-order valence-electron chi connectivity index (χ1n) is 8.88. The zero-order valence-electron chi connectivity index (χ0n) is 15.4. The molecular weight excluding hydrogens is 388 g/mol.